The lowest BCUT2D eigenvalue weighted by atomic mass is 9.55. The zero-order chi connectivity index (χ0) is 18.9. The molecule has 3 aliphatic rings. The van der Waals surface area contributed by atoms with Gasteiger partial charge in [0.15, 0.2) is 5.96 Å². The van der Waals surface area contributed by atoms with Crippen molar-refractivity contribution in [1.29, 1.82) is 0 Å². The minimum Gasteiger partial charge on any atom is -0.377 e. The SMILES string of the molecule is CN=C(NCC1(C(=O)N(C)C)CCCC1)NC1C2CCCOC2C1(C)C.I. The fourth-order valence-electron chi connectivity index (χ4n) is 5.40. The van der Waals surface area contributed by atoms with Crippen LogP contribution in [0.15, 0.2) is 4.99 Å². The molecule has 3 rings (SSSR count). The van der Waals surface area contributed by atoms with Crippen LogP contribution in [0.3, 0.4) is 0 Å². The highest BCUT2D eigenvalue weighted by Gasteiger charge is 2.58. The van der Waals surface area contributed by atoms with Gasteiger partial charge in [0.05, 0.1) is 11.5 Å². The van der Waals surface area contributed by atoms with Crippen molar-refractivity contribution in [2.24, 2.45) is 21.7 Å². The second-order valence-electron chi connectivity index (χ2n) is 9.15. The molecule has 0 spiro atoms. The third-order valence-corrected chi connectivity index (χ3v) is 6.86. The van der Waals surface area contributed by atoms with Gasteiger partial charge in [-0.25, -0.2) is 0 Å². The first-order chi connectivity index (χ1) is 12.3. The average Bonchev–Trinajstić information content (AvgIpc) is 3.11. The molecule has 156 valence electrons. The van der Waals surface area contributed by atoms with E-state index in [1.54, 1.807) is 4.90 Å². The Kier molecular flexibility index (Phi) is 7.44. The van der Waals surface area contributed by atoms with Crippen molar-refractivity contribution in [3.05, 3.63) is 0 Å². The minimum absolute atomic E-state index is 0. The second-order valence-corrected chi connectivity index (χ2v) is 9.15. The van der Waals surface area contributed by atoms with Crippen LogP contribution in [0.1, 0.15) is 52.4 Å². The van der Waals surface area contributed by atoms with E-state index in [1.165, 1.54) is 6.42 Å². The van der Waals surface area contributed by atoms with Gasteiger partial charge in [-0.3, -0.25) is 9.79 Å². The van der Waals surface area contributed by atoms with E-state index in [-0.39, 0.29) is 40.7 Å². The van der Waals surface area contributed by atoms with E-state index in [2.05, 4.69) is 29.5 Å². The van der Waals surface area contributed by atoms with Crippen LogP contribution < -0.4 is 10.6 Å². The summed E-state index contributed by atoms with van der Waals surface area (Å²) < 4.78 is 6.00. The van der Waals surface area contributed by atoms with Crippen LogP contribution in [0.2, 0.25) is 0 Å². The van der Waals surface area contributed by atoms with Gasteiger partial charge in [-0.1, -0.05) is 26.7 Å². The summed E-state index contributed by atoms with van der Waals surface area (Å²) in [6.45, 7) is 6.10. The number of carbonyl (C=O) groups excluding carboxylic acids is 1. The van der Waals surface area contributed by atoms with E-state index in [0.29, 0.717) is 24.6 Å². The molecular formula is C20H37IN4O2. The Labute approximate surface area is 181 Å². The normalized spacial score (nSPS) is 31.1. The molecule has 1 aliphatic heterocycles. The first kappa shape index (κ1) is 22.7. The van der Waals surface area contributed by atoms with Crippen LogP contribution in [0.25, 0.3) is 0 Å². The van der Waals surface area contributed by atoms with Gasteiger partial charge in [-0.15, -0.1) is 24.0 Å². The third kappa shape index (κ3) is 4.23. The number of guanidine groups is 1. The number of nitrogens with zero attached hydrogens (tertiary/aromatic N) is 2. The molecule has 6 nitrogen and oxygen atoms in total. The molecule has 0 bridgehead atoms. The Balaban J connectivity index is 0.00000261. The molecule has 1 amide bonds. The average molecular weight is 492 g/mol. The molecule has 27 heavy (non-hydrogen) atoms. The van der Waals surface area contributed by atoms with Gasteiger partial charge < -0.3 is 20.3 Å². The maximum atomic E-state index is 12.8. The van der Waals surface area contributed by atoms with Crippen molar-refractivity contribution in [3.8, 4) is 0 Å². The molecule has 0 aromatic carbocycles. The van der Waals surface area contributed by atoms with Gasteiger partial charge in [0.2, 0.25) is 5.91 Å². The second kappa shape index (κ2) is 8.84. The molecule has 7 heteroatoms. The maximum Gasteiger partial charge on any atom is 0.230 e. The van der Waals surface area contributed by atoms with Crippen LogP contribution >= 0.6 is 24.0 Å². The van der Waals surface area contributed by atoms with E-state index in [0.717, 1.165) is 44.7 Å². The summed E-state index contributed by atoms with van der Waals surface area (Å²) >= 11 is 0. The summed E-state index contributed by atoms with van der Waals surface area (Å²) in [4.78, 5) is 18.9. The summed E-state index contributed by atoms with van der Waals surface area (Å²) in [6, 6.07) is 0.364. The molecule has 2 aliphatic carbocycles. The molecule has 0 aromatic heterocycles. The first-order valence-corrected chi connectivity index (χ1v) is 10.1. The predicted octanol–water partition coefficient (Wildman–Crippen LogP) is 2.62. The van der Waals surface area contributed by atoms with E-state index >= 15 is 0 Å². The van der Waals surface area contributed by atoms with Crippen LogP contribution in [-0.2, 0) is 9.53 Å². The fourth-order valence-corrected chi connectivity index (χ4v) is 5.40. The number of hydrogen-bond donors (Lipinski definition) is 2. The molecule has 2 saturated carbocycles. The van der Waals surface area contributed by atoms with Gasteiger partial charge in [-0.2, -0.15) is 0 Å². The monoisotopic (exact) mass is 492 g/mol. The molecule has 0 aromatic rings. The highest BCUT2D eigenvalue weighted by atomic mass is 127. The zero-order valence-corrected chi connectivity index (χ0v) is 19.8. The topological polar surface area (TPSA) is 66.0 Å². The van der Waals surface area contributed by atoms with Crippen LogP contribution in [0.4, 0.5) is 0 Å². The number of nitrogens with one attached hydrogen (secondary N) is 2. The van der Waals surface area contributed by atoms with E-state index in [9.17, 15) is 4.79 Å². The zero-order valence-electron chi connectivity index (χ0n) is 17.5. The number of fused-ring (bicyclic) bond motifs is 1. The number of carbonyl (C=O) groups is 1. The molecule has 0 radical (unpaired) electrons. The highest BCUT2D eigenvalue weighted by molar-refractivity contribution is 14.0. The van der Waals surface area contributed by atoms with E-state index < -0.39 is 0 Å². The summed E-state index contributed by atoms with van der Waals surface area (Å²) in [6.07, 6.45) is 6.88. The Bertz CT molecular complexity index is 558. The number of amides is 1. The van der Waals surface area contributed by atoms with Crippen LogP contribution in [-0.4, -0.2) is 63.2 Å². The van der Waals surface area contributed by atoms with Gasteiger partial charge >= 0.3 is 0 Å². The van der Waals surface area contributed by atoms with Crippen molar-refractivity contribution in [2.75, 3.05) is 34.3 Å². The lowest BCUT2D eigenvalue weighted by Gasteiger charge is -2.60. The summed E-state index contributed by atoms with van der Waals surface area (Å²) in [7, 11) is 5.52. The van der Waals surface area contributed by atoms with Crippen LogP contribution in [0, 0.1) is 16.7 Å². The Morgan fingerprint density at radius 3 is 2.48 bits per heavy atom. The molecule has 2 N–H and O–H groups in total. The Morgan fingerprint density at radius 2 is 1.89 bits per heavy atom. The predicted molar refractivity (Wildman–Crippen MR) is 120 cm³/mol. The lowest BCUT2D eigenvalue weighted by molar-refractivity contribution is -0.188. The van der Waals surface area contributed by atoms with E-state index in [4.69, 9.17) is 4.74 Å². The van der Waals surface area contributed by atoms with Crippen molar-refractivity contribution >= 4 is 35.8 Å². The molecular weight excluding hydrogens is 455 g/mol. The molecule has 3 fully saturated rings. The molecule has 3 unspecified atom stereocenters. The van der Waals surface area contributed by atoms with Crippen molar-refractivity contribution in [2.45, 2.75) is 64.5 Å². The number of ether oxygens (including phenoxy) is 1. The van der Waals surface area contributed by atoms with Crippen molar-refractivity contribution in [3.63, 3.8) is 0 Å². The first-order valence-electron chi connectivity index (χ1n) is 10.1. The Hall–Kier alpha value is -0.570. The maximum absolute atomic E-state index is 12.8. The van der Waals surface area contributed by atoms with Crippen LogP contribution in [0.5, 0.6) is 0 Å². The number of hydrogen-bond acceptors (Lipinski definition) is 3. The van der Waals surface area contributed by atoms with Crippen molar-refractivity contribution < 1.29 is 9.53 Å². The molecule has 3 atom stereocenters. The van der Waals surface area contributed by atoms with Gasteiger partial charge in [0.1, 0.15) is 0 Å². The summed E-state index contributed by atoms with van der Waals surface area (Å²) in [5.41, 5.74) is -0.181. The number of aliphatic imine (C=N–C) groups is 1. The lowest BCUT2D eigenvalue weighted by Crippen LogP contribution is -2.71. The summed E-state index contributed by atoms with van der Waals surface area (Å²) in [5, 5.41) is 7.11. The van der Waals surface area contributed by atoms with Gasteiger partial charge in [0.25, 0.3) is 0 Å². The van der Waals surface area contributed by atoms with Crippen molar-refractivity contribution in [1.82, 2.24) is 15.5 Å². The Morgan fingerprint density at radius 1 is 1.22 bits per heavy atom. The number of rotatable bonds is 4. The van der Waals surface area contributed by atoms with E-state index in [1.807, 2.05) is 21.1 Å². The fraction of sp³-hybridized carbons (Fsp3) is 0.900. The standard InChI is InChI=1S/C20H36N4O2.HI/c1-19(2)15(14-9-8-12-26-16(14)19)23-18(21-3)22-13-20(10-6-7-11-20)17(25)24(4)5;/h14-16H,6-13H2,1-5H3,(H2,21,22,23);1H. The van der Waals surface area contributed by atoms with Gasteiger partial charge in [0, 0.05) is 51.7 Å². The highest BCUT2D eigenvalue weighted by Crippen LogP contribution is 2.51. The minimum atomic E-state index is -0.285. The quantitative estimate of drug-likeness (QED) is 0.360. The smallest absolute Gasteiger partial charge is 0.230 e. The number of halogens is 1. The molecule has 1 heterocycles. The largest absolute Gasteiger partial charge is 0.377 e. The third-order valence-electron chi connectivity index (χ3n) is 6.86. The van der Waals surface area contributed by atoms with Gasteiger partial charge in [-0.05, 0) is 25.7 Å². The molecule has 1 saturated heterocycles. The summed E-state index contributed by atoms with van der Waals surface area (Å²) in [5.74, 6) is 1.61.